The van der Waals surface area contributed by atoms with Gasteiger partial charge in [0.2, 0.25) is 5.91 Å². The van der Waals surface area contributed by atoms with E-state index in [4.69, 9.17) is 0 Å². The SMILES string of the molecule is CC1[C@@H](C)C(=O)N1C. The number of nitrogens with zero attached hydrogens (tertiary/aromatic N) is 1. The predicted octanol–water partition coefficient (Wildman–Crippen LogP) is 0.483. The van der Waals surface area contributed by atoms with E-state index >= 15 is 0 Å². The van der Waals surface area contributed by atoms with Crippen LogP contribution in [-0.4, -0.2) is 23.9 Å². The van der Waals surface area contributed by atoms with Gasteiger partial charge in [-0.1, -0.05) is 6.92 Å². The van der Waals surface area contributed by atoms with Crippen molar-refractivity contribution in [3.05, 3.63) is 0 Å². The highest BCUT2D eigenvalue weighted by atomic mass is 16.2. The lowest BCUT2D eigenvalue weighted by molar-refractivity contribution is -0.150. The summed E-state index contributed by atoms with van der Waals surface area (Å²) < 4.78 is 0. The van der Waals surface area contributed by atoms with Gasteiger partial charge >= 0.3 is 0 Å². The van der Waals surface area contributed by atoms with Crippen LogP contribution in [0.3, 0.4) is 0 Å². The molecule has 2 atom stereocenters. The minimum absolute atomic E-state index is 0.264. The largest absolute Gasteiger partial charge is 0.342 e. The maximum atomic E-state index is 10.7. The average molecular weight is 113 g/mol. The monoisotopic (exact) mass is 113 g/mol. The van der Waals surface area contributed by atoms with Crippen LogP contribution in [0.1, 0.15) is 13.8 Å². The van der Waals surface area contributed by atoms with E-state index in [0.29, 0.717) is 6.04 Å². The molecule has 2 heteroatoms. The first-order valence-corrected chi connectivity index (χ1v) is 2.91. The number of carbonyl (C=O) groups excluding carboxylic acids is 1. The normalized spacial score (nSPS) is 37.4. The van der Waals surface area contributed by atoms with Crippen LogP contribution in [0.5, 0.6) is 0 Å². The molecule has 0 saturated carbocycles. The highest BCUT2D eigenvalue weighted by Gasteiger charge is 2.37. The van der Waals surface area contributed by atoms with Crippen LogP contribution in [0.2, 0.25) is 0 Å². The van der Waals surface area contributed by atoms with Gasteiger partial charge < -0.3 is 4.90 Å². The van der Waals surface area contributed by atoms with Gasteiger partial charge in [0.15, 0.2) is 0 Å². The molecule has 0 aliphatic carbocycles. The van der Waals surface area contributed by atoms with Crippen molar-refractivity contribution in [2.45, 2.75) is 19.9 Å². The first kappa shape index (κ1) is 5.60. The minimum atomic E-state index is 0.264. The summed E-state index contributed by atoms with van der Waals surface area (Å²) in [6, 6.07) is 0.461. The van der Waals surface area contributed by atoms with E-state index in [1.54, 1.807) is 4.90 Å². The zero-order valence-corrected chi connectivity index (χ0v) is 5.51. The summed E-state index contributed by atoms with van der Waals surface area (Å²) >= 11 is 0. The standard InChI is InChI=1S/C6H11NO/c1-4-5(2)7(3)6(4)8/h4-5H,1-3H3/t4-,5?/m1/s1. The Bertz CT molecular complexity index is 110. The number of amides is 1. The Morgan fingerprint density at radius 3 is 2.12 bits per heavy atom. The first-order chi connectivity index (χ1) is 3.64. The van der Waals surface area contributed by atoms with Gasteiger partial charge in [-0.2, -0.15) is 0 Å². The van der Waals surface area contributed by atoms with Crippen LogP contribution in [-0.2, 0) is 4.79 Å². The van der Waals surface area contributed by atoms with Crippen molar-refractivity contribution in [2.24, 2.45) is 5.92 Å². The Kier molecular flexibility index (Phi) is 1.03. The molecule has 0 aromatic heterocycles. The lowest BCUT2D eigenvalue weighted by atomic mass is 9.92. The Hall–Kier alpha value is -0.530. The highest BCUT2D eigenvalue weighted by Crippen LogP contribution is 2.22. The van der Waals surface area contributed by atoms with Crippen molar-refractivity contribution in [1.29, 1.82) is 0 Å². The smallest absolute Gasteiger partial charge is 0.227 e. The van der Waals surface area contributed by atoms with Gasteiger partial charge in [0.05, 0.1) is 5.92 Å². The van der Waals surface area contributed by atoms with Crippen molar-refractivity contribution in [1.82, 2.24) is 4.90 Å². The number of carbonyl (C=O) groups is 1. The Balaban J connectivity index is 2.55. The molecule has 8 heavy (non-hydrogen) atoms. The Labute approximate surface area is 49.5 Å². The highest BCUT2D eigenvalue weighted by molar-refractivity contribution is 5.85. The summed E-state index contributed by atoms with van der Waals surface area (Å²) in [5, 5.41) is 0. The van der Waals surface area contributed by atoms with Crippen molar-refractivity contribution in [3.63, 3.8) is 0 Å². The third-order valence-electron chi connectivity index (χ3n) is 2.07. The fourth-order valence-corrected chi connectivity index (χ4v) is 0.982. The van der Waals surface area contributed by atoms with Crippen LogP contribution in [0.25, 0.3) is 0 Å². The molecule has 0 spiro atoms. The van der Waals surface area contributed by atoms with Gasteiger partial charge in [0, 0.05) is 13.1 Å². The summed E-state index contributed by atoms with van der Waals surface area (Å²) in [4.78, 5) is 12.5. The molecule has 0 radical (unpaired) electrons. The zero-order valence-electron chi connectivity index (χ0n) is 5.51. The lowest BCUT2D eigenvalue weighted by Gasteiger charge is -2.40. The fraction of sp³-hybridized carbons (Fsp3) is 0.833. The third kappa shape index (κ3) is 0.457. The molecular formula is C6H11NO. The van der Waals surface area contributed by atoms with Gasteiger partial charge in [0.25, 0.3) is 0 Å². The summed E-state index contributed by atoms with van der Waals surface area (Å²) in [5.74, 6) is 0.539. The maximum Gasteiger partial charge on any atom is 0.227 e. The summed E-state index contributed by atoms with van der Waals surface area (Å²) in [6.07, 6.45) is 0. The number of rotatable bonds is 0. The molecule has 0 aromatic rings. The second-order valence-electron chi connectivity index (χ2n) is 2.48. The topological polar surface area (TPSA) is 20.3 Å². The molecular weight excluding hydrogens is 102 g/mol. The minimum Gasteiger partial charge on any atom is -0.342 e. The second-order valence-corrected chi connectivity index (χ2v) is 2.48. The van der Waals surface area contributed by atoms with Crippen LogP contribution in [0.15, 0.2) is 0 Å². The van der Waals surface area contributed by atoms with E-state index in [1.807, 2.05) is 14.0 Å². The van der Waals surface area contributed by atoms with Gasteiger partial charge in [-0.15, -0.1) is 0 Å². The molecule has 1 amide bonds. The second kappa shape index (κ2) is 1.47. The predicted molar refractivity (Wildman–Crippen MR) is 31.4 cm³/mol. The zero-order chi connectivity index (χ0) is 6.31. The average Bonchev–Trinajstić information content (AvgIpc) is 1.83. The van der Waals surface area contributed by atoms with Crippen LogP contribution < -0.4 is 0 Å². The molecule has 0 bridgehead atoms. The number of likely N-dealkylation sites (tertiary alicyclic amines) is 1. The van der Waals surface area contributed by atoms with Gasteiger partial charge in [-0.3, -0.25) is 4.79 Å². The van der Waals surface area contributed by atoms with E-state index in [0.717, 1.165) is 0 Å². The van der Waals surface area contributed by atoms with Crippen molar-refractivity contribution >= 4 is 5.91 Å². The molecule has 1 aliphatic rings. The van der Waals surface area contributed by atoms with Gasteiger partial charge in [-0.05, 0) is 6.92 Å². The van der Waals surface area contributed by atoms with Crippen molar-refractivity contribution in [3.8, 4) is 0 Å². The molecule has 2 nitrogen and oxygen atoms in total. The third-order valence-corrected chi connectivity index (χ3v) is 2.07. The van der Waals surface area contributed by atoms with Crippen LogP contribution >= 0.6 is 0 Å². The Morgan fingerprint density at radius 1 is 1.50 bits per heavy atom. The fourth-order valence-electron chi connectivity index (χ4n) is 0.982. The number of hydrogen-bond donors (Lipinski definition) is 0. The lowest BCUT2D eigenvalue weighted by Crippen LogP contribution is -2.55. The van der Waals surface area contributed by atoms with E-state index in [9.17, 15) is 4.79 Å². The quantitative estimate of drug-likeness (QED) is 0.418. The summed E-state index contributed by atoms with van der Waals surface area (Å²) in [6.45, 7) is 4.03. The number of hydrogen-bond acceptors (Lipinski definition) is 1. The molecule has 1 rings (SSSR count). The molecule has 46 valence electrons. The van der Waals surface area contributed by atoms with Crippen molar-refractivity contribution in [2.75, 3.05) is 7.05 Å². The van der Waals surface area contributed by atoms with Crippen LogP contribution in [0, 0.1) is 5.92 Å². The Morgan fingerprint density at radius 2 is 2.00 bits per heavy atom. The molecule has 1 aliphatic heterocycles. The van der Waals surface area contributed by atoms with E-state index in [-0.39, 0.29) is 11.8 Å². The molecule has 1 saturated heterocycles. The summed E-state index contributed by atoms with van der Waals surface area (Å²) in [5.41, 5.74) is 0. The summed E-state index contributed by atoms with van der Waals surface area (Å²) in [7, 11) is 1.84. The van der Waals surface area contributed by atoms with E-state index in [2.05, 4.69) is 6.92 Å². The maximum absolute atomic E-state index is 10.7. The molecule has 0 aromatic carbocycles. The van der Waals surface area contributed by atoms with Crippen molar-refractivity contribution < 1.29 is 4.79 Å². The van der Waals surface area contributed by atoms with Gasteiger partial charge in [-0.25, -0.2) is 0 Å². The van der Waals surface area contributed by atoms with E-state index in [1.165, 1.54) is 0 Å². The molecule has 1 fully saturated rings. The molecule has 0 N–H and O–H groups in total. The molecule has 1 heterocycles. The van der Waals surface area contributed by atoms with Crippen LogP contribution in [0.4, 0.5) is 0 Å². The first-order valence-electron chi connectivity index (χ1n) is 2.91. The van der Waals surface area contributed by atoms with Gasteiger partial charge in [0.1, 0.15) is 0 Å². The molecule has 1 unspecified atom stereocenters. The number of β-lactam (4-membered cyclic amide) rings is 1. The van der Waals surface area contributed by atoms with E-state index < -0.39 is 0 Å².